The number of nitrogens with zero attached hydrogens (tertiary/aromatic N) is 1. The Morgan fingerprint density at radius 1 is 1.11 bits per heavy atom. The van der Waals surface area contributed by atoms with Gasteiger partial charge in [-0.15, -0.1) is 0 Å². The summed E-state index contributed by atoms with van der Waals surface area (Å²) in [4.78, 5) is 30.1. The molecule has 3 aromatic carbocycles. The number of thioether (sulfide) groups is 1. The van der Waals surface area contributed by atoms with Gasteiger partial charge < -0.3 is 14.6 Å². The summed E-state index contributed by atoms with van der Waals surface area (Å²) >= 11 is 4.44. The van der Waals surface area contributed by atoms with E-state index in [2.05, 4.69) is 20.9 Å². The van der Waals surface area contributed by atoms with Crippen molar-refractivity contribution in [3.63, 3.8) is 0 Å². The minimum Gasteiger partial charge on any atom is -0.506 e. The molecule has 0 atom stereocenters. The fourth-order valence-electron chi connectivity index (χ4n) is 3.60. The number of carbonyl (C=O) groups is 2. The maximum absolute atomic E-state index is 13.2. The lowest BCUT2D eigenvalue weighted by atomic mass is 10.1. The lowest BCUT2D eigenvalue weighted by molar-refractivity contribution is -0.138. The summed E-state index contributed by atoms with van der Waals surface area (Å²) in [6, 6.07) is 18.3. The van der Waals surface area contributed by atoms with E-state index in [0.29, 0.717) is 21.8 Å². The van der Waals surface area contributed by atoms with Crippen molar-refractivity contribution in [1.29, 1.82) is 0 Å². The Kier molecular flexibility index (Phi) is 8.81. The fraction of sp³-hybridized carbons (Fsp3) is 0.138. The molecule has 1 heterocycles. The van der Waals surface area contributed by atoms with Crippen molar-refractivity contribution in [3.8, 4) is 5.75 Å². The minimum atomic E-state index is -0.778. The van der Waals surface area contributed by atoms with Crippen molar-refractivity contribution in [2.24, 2.45) is 4.99 Å². The molecular weight excluding hydrogens is 573 g/mol. The third-order valence-electron chi connectivity index (χ3n) is 5.51. The van der Waals surface area contributed by atoms with Gasteiger partial charge in [0, 0.05) is 15.6 Å². The van der Waals surface area contributed by atoms with Crippen molar-refractivity contribution in [2.75, 3.05) is 6.61 Å². The molecule has 0 bridgehead atoms. The standard InChI is InChI=1S/C29H23BrFNO5S/c1-3-36-29(35)25-26(33)24(38-28(25)32-27(34)22-7-5-4-6-17(22)2)15-19-14-20(30)10-13-23(19)37-16-18-8-11-21(31)12-9-18/h4-15,33H,3,16H2,1-2H3/b24-15-,32-28?. The van der Waals surface area contributed by atoms with E-state index >= 15 is 0 Å². The van der Waals surface area contributed by atoms with Crippen LogP contribution in [-0.2, 0) is 16.1 Å². The van der Waals surface area contributed by atoms with Crippen LogP contribution in [0.15, 0.2) is 92.4 Å². The van der Waals surface area contributed by atoms with Crippen LogP contribution in [0, 0.1) is 12.7 Å². The largest absolute Gasteiger partial charge is 0.506 e. The summed E-state index contributed by atoms with van der Waals surface area (Å²) in [6.45, 7) is 3.72. The molecule has 4 rings (SSSR count). The molecule has 1 aliphatic rings. The smallest absolute Gasteiger partial charge is 0.344 e. The van der Waals surface area contributed by atoms with Crippen LogP contribution >= 0.6 is 27.7 Å². The van der Waals surface area contributed by atoms with Crippen LogP contribution in [0.2, 0.25) is 0 Å². The molecule has 0 aromatic heterocycles. The van der Waals surface area contributed by atoms with Crippen molar-refractivity contribution >= 4 is 50.7 Å². The molecule has 0 saturated heterocycles. The Balaban J connectivity index is 1.69. The zero-order valence-electron chi connectivity index (χ0n) is 20.5. The number of ether oxygens (including phenoxy) is 2. The van der Waals surface area contributed by atoms with Crippen LogP contribution in [0.3, 0.4) is 0 Å². The Morgan fingerprint density at radius 2 is 1.84 bits per heavy atom. The SMILES string of the molecule is CCOC(=O)C1=C(O)/C(=C/c2cc(Br)ccc2OCc2ccc(F)cc2)SC1=NC(=O)c1ccccc1C. The average Bonchev–Trinajstić information content (AvgIpc) is 3.19. The van der Waals surface area contributed by atoms with E-state index in [1.807, 2.05) is 6.07 Å². The molecule has 0 saturated carbocycles. The third kappa shape index (κ3) is 6.41. The van der Waals surface area contributed by atoms with Gasteiger partial charge in [-0.1, -0.05) is 58.0 Å². The number of rotatable bonds is 7. The van der Waals surface area contributed by atoms with Crippen LogP contribution in [0.5, 0.6) is 5.75 Å². The first-order valence-electron chi connectivity index (χ1n) is 11.6. The van der Waals surface area contributed by atoms with Gasteiger partial charge in [-0.2, -0.15) is 0 Å². The number of aliphatic hydroxyl groups is 1. The molecule has 0 fully saturated rings. The maximum Gasteiger partial charge on any atom is 0.344 e. The highest BCUT2D eigenvalue weighted by Crippen LogP contribution is 2.41. The van der Waals surface area contributed by atoms with Crippen molar-refractivity contribution < 1.29 is 28.6 Å². The monoisotopic (exact) mass is 595 g/mol. The first-order valence-corrected chi connectivity index (χ1v) is 13.2. The van der Waals surface area contributed by atoms with Gasteiger partial charge in [0.1, 0.15) is 34.5 Å². The third-order valence-corrected chi connectivity index (χ3v) is 7.03. The van der Waals surface area contributed by atoms with E-state index in [1.165, 1.54) is 12.1 Å². The first-order chi connectivity index (χ1) is 18.3. The molecular formula is C29H23BrFNO5S. The highest BCUT2D eigenvalue weighted by atomic mass is 79.9. The van der Waals surface area contributed by atoms with E-state index in [0.717, 1.165) is 27.4 Å². The number of hydrogen-bond acceptors (Lipinski definition) is 6. The number of aliphatic hydroxyl groups excluding tert-OH is 1. The van der Waals surface area contributed by atoms with E-state index in [4.69, 9.17) is 9.47 Å². The highest BCUT2D eigenvalue weighted by molar-refractivity contribution is 9.10. The number of aryl methyl sites for hydroxylation is 1. The summed E-state index contributed by atoms with van der Waals surface area (Å²) in [5.41, 5.74) is 2.34. The van der Waals surface area contributed by atoms with E-state index in [9.17, 15) is 19.1 Å². The van der Waals surface area contributed by atoms with Gasteiger partial charge in [0.25, 0.3) is 5.91 Å². The van der Waals surface area contributed by atoms with Gasteiger partial charge in [-0.05, 0) is 67.4 Å². The van der Waals surface area contributed by atoms with Crippen molar-refractivity contribution in [3.05, 3.63) is 116 Å². The fourth-order valence-corrected chi connectivity index (χ4v) is 4.99. The number of carbonyl (C=O) groups excluding carboxylic acids is 2. The molecule has 6 nitrogen and oxygen atoms in total. The Hall–Kier alpha value is -3.69. The van der Waals surface area contributed by atoms with Gasteiger partial charge in [-0.3, -0.25) is 4.79 Å². The zero-order chi connectivity index (χ0) is 27.2. The molecule has 9 heteroatoms. The quantitative estimate of drug-likeness (QED) is 0.291. The molecule has 3 aromatic rings. The molecule has 0 radical (unpaired) electrons. The Labute approximate surface area is 232 Å². The van der Waals surface area contributed by atoms with Gasteiger partial charge in [-0.25, -0.2) is 14.2 Å². The van der Waals surface area contributed by atoms with Crippen LogP contribution in [0.1, 0.15) is 34.0 Å². The van der Waals surface area contributed by atoms with Crippen LogP contribution < -0.4 is 4.74 Å². The van der Waals surface area contributed by atoms with Gasteiger partial charge in [0.05, 0.1) is 11.5 Å². The molecule has 194 valence electrons. The zero-order valence-corrected chi connectivity index (χ0v) is 22.9. The summed E-state index contributed by atoms with van der Waals surface area (Å²) < 4.78 is 25.1. The molecule has 1 aliphatic heterocycles. The Morgan fingerprint density at radius 3 is 2.55 bits per heavy atom. The van der Waals surface area contributed by atoms with Crippen molar-refractivity contribution in [1.82, 2.24) is 0 Å². The lowest BCUT2D eigenvalue weighted by Gasteiger charge is -2.11. The van der Waals surface area contributed by atoms with Gasteiger partial charge in [0.15, 0.2) is 0 Å². The Bertz CT molecular complexity index is 1480. The maximum atomic E-state index is 13.2. The van der Waals surface area contributed by atoms with E-state index < -0.39 is 11.9 Å². The molecule has 38 heavy (non-hydrogen) atoms. The van der Waals surface area contributed by atoms with E-state index in [1.54, 1.807) is 68.5 Å². The number of esters is 1. The second-order valence-electron chi connectivity index (χ2n) is 8.19. The molecule has 0 aliphatic carbocycles. The normalized spacial score (nSPS) is 15.3. The summed E-state index contributed by atoms with van der Waals surface area (Å²) in [7, 11) is 0. The lowest BCUT2D eigenvalue weighted by Crippen LogP contribution is -2.14. The highest BCUT2D eigenvalue weighted by Gasteiger charge is 2.34. The minimum absolute atomic E-state index is 0.0456. The summed E-state index contributed by atoms with van der Waals surface area (Å²) in [5, 5.41) is 11.1. The topological polar surface area (TPSA) is 85.2 Å². The number of hydrogen-bond donors (Lipinski definition) is 1. The number of amides is 1. The molecule has 1 amide bonds. The summed E-state index contributed by atoms with van der Waals surface area (Å²) in [6.07, 6.45) is 1.64. The number of halogens is 2. The van der Waals surface area contributed by atoms with E-state index in [-0.39, 0.29) is 35.4 Å². The van der Waals surface area contributed by atoms with Crippen LogP contribution in [0.4, 0.5) is 4.39 Å². The van der Waals surface area contributed by atoms with Gasteiger partial charge >= 0.3 is 5.97 Å². The number of aliphatic imine (C=N–C) groups is 1. The van der Waals surface area contributed by atoms with Gasteiger partial charge in [0.2, 0.25) is 0 Å². The average molecular weight is 596 g/mol. The summed E-state index contributed by atoms with van der Waals surface area (Å²) in [5.74, 6) is -1.49. The second-order valence-corrected chi connectivity index (χ2v) is 10.1. The number of benzene rings is 3. The van der Waals surface area contributed by atoms with Crippen LogP contribution in [0.25, 0.3) is 6.08 Å². The molecule has 1 N–H and O–H groups in total. The van der Waals surface area contributed by atoms with Crippen LogP contribution in [-0.4, -0.2) is 28.6 Å². The molecule has 0 unspecified atom stereocenters. The second kappa shape index (κ2) is 12.2. The molecule has 0 spiro atoms. The predicted octanol–water partition coefficient (Wildman–Crippen LogP) is 7.18. The first kappa shape index (κ1) is 27.3. The van der Waals surface area contributed by atoms with Crippen molar-refractivity contribution in [2.45, 2.75) is 20.5 Å². The predicted molar refractivity (Wildman–Crippen MR) is 150 cm³/mol.